The molecule has 0 radical (unpaired) electrons. The van der Waals surface area contributed by atoms with Gasteiger partial charge in [0.15, 0.2) is 0 Å². The second-order valence-electron chi connectivity index (χ2n) is 3.52. The molecule has 0 saturated heterocycles. The van der Waals surface area contributed by atoms with Gasteiger partial charge >= 0.3 is 0 Å². The van der Waals surface area contributed by atoms with Crippen LogP contribution in [0.25, 0.3) is 0 Å². The Morgan fingerprint density at radius 1 is 1.33 bits per heavy atom. The highest BCUT2D eigenvalue weighted by Crippen LogP contribution is 2.26. The van der Waals surface area contributed by atoms with E-state index in [2.05, 4.69) is 48.8 Å². The monoisotopic (exact) mass is 433 g/mol. The molecule has 0 aliphatic heterocycles. The van der Waals surface area contributed by atoms with Crippen molar-refractivity contribution in [2.24, 2.45) is 5.73 Å². The molecule has 2 aromatic rings. The maximum Gasteiger partial charge on any atom is 0.131 e. The standard InChI is InChI=1S/C12H9BrIN3S/c13-8-6-7(14)4-5-9(8)16-11-3-1-2-10(17-11)12(15)18/h1-6H,(H2,15,18)(H,16,17). The molecule has 0 saturated carbocycles. The SMILES string of the molecule is NC(=S)c1cccc(Nc2ccc(I)cc2Br)n1. The number of pyridine rings is 1. The largest absolute Gasteiger partial charge is 0.388 e. The molecule has 0 atom stereocenters. The predicted octanol–water partition coefficient (Wildman–Crippen LogP) is 3.83. The molecule has 3 nitrogen and oxygen atoms in total. The van der Waals surface area contributed by atoms with E-state index < -0.39 is 0 Å². The number of aromatic nitrogens is 1. The molecule has 1 aromatic carbocycles. The van der Waals surface area contributed by atoms with Gasteiger partial charge in [-0.2, -0.15) is 0 Å². The highest BCUT2D eigenvalue weighted by molar-refractivity contribution is 14.1. The van der Waals surface area contributed by atoms with E-state index in [9.17, 15) is 0 Å². The predicted molar refractivity (Wildman–Crippen MR) is 90.3 cm³/mol. The van der Waals surface area contributed by atoms with Crippen LogP contribution >= 0.6 is 50.7 Å². The third kappa shape index (κ3) is 3.39. The van der Waals surface area contributed by atoms with Crippen LogP contribution in [0.5, 0.6) is 0 Å². The molecule has 0 bridgehead atoms. The summed E-state index contributed by atoms with van der Waals surface area (Å²) in [5, 5.41) is 3.22. The Hall–Kier alpha value is -0.730. The van der Waals surface area contributed by atoms with Gasteiger partial charge in [0.1, 0.15) is 10.8 Å². The van der Waals surface area contributed by atoms with E-state index in [0.717, 1.165) is 13.7 Å². The summed E-state index contributed by atoms with van der Waals surface area (Å²) in [7, 11) is 0. The van der Waals surface area contributed by atoms with E-state index in [4.69, 9.17) is 18.0 Å². The second kappa shape index (κ2) is 5.94. The van der Waals surface area contributed by atoms with Crippen molar-refractivity contribution in [2.45, 2.75) is 0 Å². The number of thiocarbonyl (C=S) groups is 1. The van der Waals surface area contributed by atoms with Gasteiger partial charge in [0.25, 0.3) is 0 Å². The molecule has 0 unspecified atom stereocenters. The molecule has 3 N–H and O–H groups in total. The number of nitrogens with two attached hydrogens (primary N) is 1. The number of hydrogen-bond donors (Lipinski definition) is 2. The van der Waals surface area contributed by atoms with Gasteiger partial charge in [-0.25, -0.2) is 4.98 Å². The van der Waals surface area contributed by atoms with E-state index in [-0.39, 0.29) is 0 Å². The van der Waals surface area contributed by atoms with Crippen molar-refractivity contribution in [2.75, 3.05) is 5.32 Å². The van der Waals surface area contributed by atoms with Crippen molar-refractivity contribution in [3.05, 3.63) is 50.1 Å². The van der Waals surface area contributed by atoms with Crippen LogP contribution in [-0.4, -0.2) is 9.97 Å². The number of benzene rings is 1. The van der Waals surface area contributed by atoms with Crippen LogP contribution in [0.2, 0.25) is 0 Å². The minimum atomic E-state index is 0.292. The zero-order chi connectivity index (χ0) is 13.1. The first-order valence-corrected chi connectivity index (χ1v) is 7.33. The molecule has 6 heteroatoms. The second-order valence-corrected chi connectivity index (χ2v) is 6.06. The lowest BCUT2D eigenvalue weighted by atomic mass is 10.3. The Balaban J connectivity index is 2.28. The summed E-state index contributed by atoms with van der Waals surface area (Å²) in [4.78, 5) is 4.62. The molecule has 0 fully saturated rings. The minimum Gasteiger partial charge on any atom is -0.388 e. The lowest BCUT2D eigenvalue weighted by molar-refractivity contribution is 1.27. The first-order chi connectivity index (χ1) is 8.56. The minimum absolute atomic E-state index is 0.292. The summed E-state index contributed by atoms with van der Waals surface area (Å²) >= 11 is 10.7. The maximum atomic E-state index is 5.56. The van der Waals surface area contributed by atoms with Gasteiger partial charge in [-0.15, -0.1) is 0 Å². The molecule has 0 aliphatic rings. The van der Waals surface area contributed by atoms with Crippen LogP contribution in [0, 0.1) is 3.57 Å². The quantitative estimate of drug-likeness (QED) is 0.570. The maximum absolute atomic E-state index is 5.56. The number of nitrogens with zero attached hydrogens (tertiary/aromatic N) is 1. The summed E-state index contributed by atoms with van der Waals surface area (Å²) in [5.74, 6) is 0.710. The van der Waals surface area contributed by atoms with Gasteiger partial charge in [-0.3, -0.25) is 0 Å². The van der Waals surface area contributed by atoms with Crippen molar-refractivity contribution >= 4 is 67.2 Å². The molecular formula is C12H9BrIN3S. The lowest BCUT2D eigenvalue weighted by Crippen LogP contribution is -2.12. The van der Waals surface area contributed by atoms with Gasteiger partial charge in [0, 0.05) is 8.04 Å². The summed E-state index contributed by atoms with van der Waals surface area (Å²) in [6, 6.07) is 11.6. The smallest absolute Gasteiger partial charge is 0.131 e. The van der Waals surface area contributed by atoms with E-state index in [0.29, 0.717) is 16.5 Å². The summed E-state index contributed by atoms with van der Waals surface area (Å²) in [6.07, 6.45) is 0. The van der Waals surface area contributed by atoms with Gasteiger partial charge in [-0.05, 0) is 68.9 Å². The fourth-order valence-electron chi connectivity index (χ4n) is 1.37. The molecule has 1 aromatic heterocycles. The third-order valence-electron chi connectivity index (χ3n) is 2.20. The molecule has 1 heterocycles. The van der Waals surface area contributed by atoms with Crippen LogP contribution < -0.4 is 11.1 Å². The molecule has 0 amide bonds. The Kier molecular flexibility index (Phi) is 4.52. The van der Waals surface area contributed by atoms with Gasteiger partial charge in [0.05, 0.1) is 11.4 Å². The van der Waals surface area contributed by atoms with Crippen molar-refractivity contribution < 1.29 is 0 Å². The third-order valence-corrected chi connectivity index (χ3v) is 3.73. The average molecular weight is 434 g/mol. The van der Waals surface area contributed by atoms with Crippen molar-refractivity contribution in [3.8, 4) is 0 Å². The number of hydrogen-bond acceptors (Lipinski definition) is 3. The van der Waals surface area contributed by atoms with Gasteiger partial charge in [-0.1, -0.05) is 18.3 Å². The topological polar surface area (TPSA) is 50.9 Å². The average Bonchev–Trinajstić information content (AvgIpc) is 2.33. The van der Waals surface area contributed by atoms with Crippen molar-refractivity contribution in [1.82, 2.24) is 4.98 Å². The number of rotatable bonds is 3. The summed E-state index contributed by atoms with van der Waals surface area (Å²) < 4.78 is 2.15. The van der Waals surface area contributed by atoms with E-state index in [1.54, 1.807) is 6.07 Å². The fourth-order valence-corrected chi connectivity index (χ4v) is 2.88. The Bertz CT molecular complexity index is 604. The van der Waals surface area contributed by atoms with Gasteiger partial charge in [0.2, 0.25) is 0 Å². The molecule has 92 valence electrons. The zero-order valence-electron chi connectivity index (χ0n) is 9.15. The highest BCUT2D eigenvalue weighted by atomic mass is 127. The van der Waals surface area contributed by atoms with Crippen LogP contribution in [0.1, 0.15) is 5.69 Å². The van der Waals surface area contributed by atoms with Crippen molar-refractivity contribution in [1.29, 1.82) is 0 Å². The molecular weight excluding hydrogens is 425 g/mol. The van der Waals surface area contributed by atoms with E-state index in [1.807, 2.05) is 30.3 Å². The Morgan fingerprint density at radius 3 is 2.78 bits per heavy atom. The lowest BCUT2D eigenvalue weighted by Gasteiger charge is -2.09. The first-order valence-electron chi connectivity index (χ1n) is 5.05. The molecule has 18 heavy (non-hydrogen) atoms. The van der Waals surface area contributed by atoms with E-state index in [1.165, 1.54) is 0 Å². The Morgan fingerprint density at radius 2 is 2.11 bits per heavy atom. The van der Waals surface area contributed by atoms with Gasteiger partial charge < -0.3 is 11.1 Å². The van der Waals surface area contributed by atoms with E-state index >= 15 is 0 Å². The highest BCUT2D eigenvalue weighted by Gasteiger charge is 2.04. The normalized spacial score (nSPS) is 10.1. The fraction of sp³-hybridized carbons (Fsp3) is 0. The van der Waals surface area contributed by atoms with Crippen LogP contribution in [0.4, 0.5) is 11.5 Å². The summed E-state index contributed by atoms with van der Waals surface area (Å²) in [5.41, 5.74) is 7.11. The molecule has 0 aliphatic carbocycles. The summed E-state index contributed by atoms with van der Waals surface area (Å²) in [6.45, 7) is 0. The molecule has 0 spiro atoms. The van der Waals surface area contributed by atoms with Crippen LogP contribution in [0.15, 0.2) is 40.9 Å². The van der Waals surface area contributed by atoms with Crippen LogP contribution in [-0.2, 0) is 0 Å². The Labute approximate surface area is 132 Å². The number of nitrogens with one attached hydrogen (secondary N) is 1. The van der Waals surface area contributed by atoms with Crippen molar-refractivity contribution in [3.63, 3.8) is 0 Å². The first kappa shape index (κ1) is 13.7. The van der Waals surface area contributed by atoms with Crippen LogP contribution in [0.3, 0.4) is 0 Å². The zero-order valence-corrected chi connectivity index (χ0v) is 13.7. The number of halogens is 2. The number of anilines is 2. The molecule has 2 rings (SSSR count).